The van der Waals surface area contributed by atoms with E-state index in [0.717, 1.165) is 17.2 Å². The number of sulfonamides is 1. The Morgan fingerprint density at radius 3 is 2.25 bits per heavy atom. The molecule has 1 unspecified atom stereocenters. The summed E-state index contributed by atoms with van der Waals surface area (Å²) < 4.78 is 27.9. The Kier molecular flexibility index (Phi) is 4.58. The van der Waals surface area contributed by atoms with Gasteiger partial charge in [-0.1, -0.05) is 56.3 Å². The van der Waals surface area contributed by atoms with Crippen molar-refractivity contribution in [2.75, 3.05) is 4.72 Å². The summed E-state index contributed by atoms with van der Waals surface area (Å²) in [5.41, 5.74) is 1.79. The van der Waals surface area contributed by atoms with Crippen LogP contribution in [-0.2, 0) is 10.0 Å². The van der Waals surface area contributed by atoms with Crippen LogP contribution in [0.25, 0.3) is 10.8 Å². The minimum atomic E-state index is -3.59. The van der Waals surface area contributed by atoms with Crippen LogP contribution in [0.1, 0.15) is 31.7 Å². The van der Waals surface area contributed by atoms with Crippen molar-refractivity contribution in [1.29, 1.82) is 0 Å². The molecule has 1 atom stereocenters. The molecule has 124 valence electrons. The van der Waals surface area contributed by atoms with Crippen LogP contribution < -0.4 is 4.72 Å². The molecule has 0 amide bonds. The van der Waals surface area contributed by atoms with Crippen LogP contribution in [0.5, 0.6) is 0 Å². The Morgan fingerprint density at radius 2 is 1.58 bits per heavy atom. The second-order valence-corrected chi connectivity index (χ2v) is 7.73. The molecule has 3 aromatic rings. The van der Waals surface area contributed by atoms with Crippen LogP contribution in [-0.4, -0.2) is 8.42 Å². The maximum atomic E-state index is 12.6. The summed E-state index contributed by atoms with van der Waals surface area (Å²) in [5.74, 6) is 0.469. The third-order valence-corrected chi connectivity index (χ3v) is 5.75. The van der Waals surface area contributed by atoms with Gasteiger partial charge in [0.25, 0.3) is 10.0 Å². The molecule has 1 N–H and O–H groups in total. The number of hydrogen-bond acceptors (Lipinski definition) is 2. The Morgan fingerprint density at radius 1 is 0.917 bits per heavy atom. The lowest BCUT2D eigenvalue weighted by Gasteiger charge is -2.12. The summed E-state index contributed by atoms with van der Waals surface area (Å²) >= 11 is 0. The summed E-state index contributed by atoms with van der Waals surface area (Å²) in [6.07, 6.45) is 1.06. The van der Waals surface area contributed by atoms with Crippen molar-refractivity contribution >= 4 is 26.5 Å². The van der Waals surface area contributed by atoms with E-state index in [2.05, 4.69) is 18.6 Å². The van der Waals surface area contributed by atoms with Gasteiger partial charge in [0.1, 0.15) is 0 Å². The first-order chi connectivity index (χ1) is 11.5. The van der Waals surface area contributed by atoms with Crippen molar-refractivity contribution in [3.8, 4) is 0 Å². The number of benzene rings is 3. The van der Waals surface area contributed by atoms with Crippen LogP contribution in [0.4, 0.5) is 5.69 Å². The Labute approximate surface area is 143 Å². The third-order valence-electron chi connectivity index (χ3n) is 4.38. The molecule has 3 nitrogen and oxygen atoms in total. The van der Waals surface area contributed by atoms with Crippen LogP contribution in [0, 0.1) is 0 Å². The van der Waals surface area contributed by atoms with Crippen molar-refractivity contribution in [3.63, 3.8) is 0 Å². The monoisotopic (exact) mass is 339 g/mol. The van der Waals surface area contributed by atoms with Gasteiger partial charge in [0.2, 0.25) is 0 Å². The second kappa shape index (κ2) is 6.65. The Bertz CT molecular complexity index is 947. The van der Waals surface area contributed by atoms with Gasteiger partial charge in [-0.05, 0) is 52.9 Å². The van der Waals surface area contributed by atoms with Gasteiger partial charge in [0, 0.05) is 5.69 Å². The smallest absolute Gasteiger partial charge is 0.261 e. The fourth-order valence-corrected chi connectivity index (χ4v) is 3.76. The molecule has 0 spiro atoms. The lowest BCUT2D eigenvalue weighted by atomic mass is 9.99. The van der Waals surface area contributed by atoms with Crippen molar-refractivity contribution in [2.24, 2.45) is 0 Å². The largest absolute Gasteiger partial charge is 0.280 e. The summed E-state index contributed by atoms with van der Waals surface area (Å²) in [6, 6.07) is 20.5. The van der Waals surface area contributed by atoms with Gasteiger partial charge in [-0.25, -0.2) is 8.42 Å². The minimum absolute atomic E-state index is 0.271. The van der Waals surface area contributed by atoms with E-state index in [-0.39, 0.29) is 4.90 Å². The molecule has 0 aromatic heterocycles. The fourth-order valence-electron chi connectivity index (χ4n) is 2.66. The summed E-state index contributed by atoms with van der Waals surface area (Å²) in [6.45, 7) is 4.30. The normalized spacial score (nSPS) is 12.9. The third kappa shape index (κ3) is 3.44. The van der Waals surface area contributed by atoms with E-state index in [1.54, 1.807) is 12.1 Å². The van der Waals surface area contributed by atoms with Crippen LogP contribution in [0.3, 0.4) is 0 Å². The highest BCUT2D eigenvalue weighted by atomic mass is 32.2. The quantitative estimate of drug-likeness (QED) is 0.698. The van der Waals surface area contributed by atoms with Gasteiger partial charge in [0.05, 0.1) is 4.90 Å². The van der Waals surface area contributed by atoms with Gasteiger partial charge in [-0.3, -0.25) is 4.72 Å². The first-order valence-electron chi connectivity index (χ1n) is 8.11. The SMILES string of the molecule is CCC(C)c1ccc(NS(=O)(=O)c2ccc3ccccc3c2)cc1. The predicted molar refractivity (Wildman–Crippen MR) is 99.9 cm³/mol. The van der Waals surface area contributed by atoms with E-state index in [9.17, 15) is 8.42 Å². The van der Waals surface area contributed by atoms with Crippen molar-refractivity contribution in [1.82, 2.24) is 0 Å². The van der Waals surface area contributed by atoms with Crippen LogP contribution >= 0.6 is 0 Å². The molecular weight excluding hydrogens is 318 g/mol. The molecule has 3 aromatic carbocycles. The van der Waals surface area contributed by atoms with Gasteiger partial charge in [-0.2, -0.15) is 0 Å². The number of nitrogens with one attached hydrogen (secondary N) is 1. The summed E-state index contributed by atoms with van der Waals surface area (Å²) in [4.78, 5) is 0.271. The number of anilines is 1. The molecule has 0 fully saturated rings. The van der Waals surface area contributed by atoms with E-state index < -0.39 is 10.0 Å². The van der Waals surface area contributed by atoms with Crippen LogP contribution in [0.2, 0.25) is 0 Å². The number of fused-ring (bicyclic) bond motifs is 1. The van der Waals surface area contributed by atoms with Gasteiger partial charge >= 0.3 is 0 Å². The van der Waals surface area contributed by atoms with Gasteiger partial charge < -0.3 is 0 Å². The zero-order valence-corrected chi connectivity index (χ0v) is 14.7. The van der Waals surface area contributed by atoms with E-state index in [1.807, 2.05) is 54.6 Å². The van der Waals surface area contributed by atoms with Crippen molar-refractivity contribution in [2.45, 2.75) is 31.1 Å². The van der Waals surface area contributed by atoms with E-state index in [0.29, 0.717) is 11.6 Å². The molecular formula is C20H21NO2S. The van der Waals surface area contributed by atoms with Crippen LogP contribution in [0.15, 0.2) is 71.6 Å². The van der Waals surface area contributed by atoms with E-state index in [1.165, 1.54) is 5.56 Å². The average Bonchev–Trinajstić information content (AvgIpc) is 2.61. The number of hydrogen-bond donors (Lipinski definition) is 1. The summed E-state index contributed by atoms with van der Waals surface area (Å²) in [7, 11) is -3.59. The molecule has 0 saturated heterocycles. The number of rotatable bonds is 5. The highest BCUT2D eigenvalue weighted by Crippen LogP contribution is 2.24. The van der Waals surface area contributed by atoms with E-state index >= 15 is 0 Å². The first-order valence-corrected chi connectivity index (χ1v) is 9.59. The molecule has 0 bridgehead atoms. The van der Waals surface area contributed by atoms with E-state index in [4.69, 9.17) is 0 Å². The standard InChI is InChI=1S/C20H21NO2S/c1-3-15(2)16-8-11-19(12-9-16)21-24(22,23)20-13-10-17-6-4-5-7-18(17)14-20/h4-15,21H,3H2,1-2H3. The Balaban J connectivity index is 1.87. The fraction of sp³-hybridized carbons (Fsp3) is 0.200. The first kappa shape index (κ1) is 16.5. The Hall–Kier alpha value is -2.33. The molecule has 0 saturated carbocycles. The maximum absolute atomic E-state index is 12.6. The maximum Gasteiger partial charge on any atom is 0.261 e. The van der Waals surface area contributed by atoms with Crippen molar-refractivity contribution in [3.05, 3.63) is 72.3 Å². The van der Waals surface area contributed by atoms with Gasteiger partial charge in [0.15, 0.2) is 0 Å². The minimum Gasteiger partial charge on any atom is -0.280 e. The van der Waals surface area contributed by atoms with Gasteiger partial charge in [-0.15, -0.1) is 0 Å². The molecule has 0 aliphatic rings. The highest BCUT2D eigenvalue weighted by Gasteiger charge is 2.15. The molecule has 24 heavy (non-hydrogen) atoms. The topological polar surface area (TPSA) is 46.2 Å². The highest BCUT2D eigenvalue weighted by molar-refractivity contribution is 7.92. The predicted octanol–water partition coefficient (Wildman–Crippen LogP) is 5.15. The second-order valence-electron chi connectivity index (χ2n) is 6.05. The molecule has 0 heterocycles. The zero-order chi connectivity index (χ0) is 17.2. The molecule has 0 radical (unpaired) electrons. The average molecular weight is 339 g/mol. The molecule has 0 aliphatic heterocycles. The molecule has 3 rings (SSSR count). The lowest BCUT2D eigenvalue weighted by molar-refractivity contribution is 0.601. The zero-order valence-electron chi connectivity index (χ0n) is 13.9. The molecule has 0 aliphatic carbocycles. The van der Waals surface area contributed by atoms with Crippen molar-refractivity contribution < 1.29 is 8.42 Å². The molecule has 4 heteroatoms. The lowest BCUT2D eigenvalue weighted by Crippen LogP contribution is -2.12. The summed E-state index contributed by atoms with van der Waals surface area (Å²) in [5, 5.41) is 1.93.